The van der Waals surface area contributed by atoms with Gasteiger partial charge in [-0.25, -0.2) is 0 Å². The van der Waals surface area contributed by atoms with Crippen LogP contribution in [0.25, 0.3) is 0 Å². The highest BCUT2D eigenvalue weighted by Gasteiger charge is 2.13. The quantitative estimate of drug-likeness (QED) is 0.512. The maximum atomic E-state index is 12.1. The van der Waals surface area contributed by atoms with E-state index in [1.54, 1.807) is 19.2 Å². The number of benzene rings is 2. The number of hydrogen-bond donors (Lipinski definition) is 4. The summed E-state index contributed by atoms with van der Waals surface area (Å²) < 4.78 is 5.41. The summed E-state index contributed by atoms with van der Waals surface area (Å²) in [5.41, 5.74) is 1.61. The molecule has 0 saturated heterocycles. The summed E-state index contributed by atoms with van der Waals surface area (Å²) in [6.45, 7) is 0. The van der Waals surface area contributed by atoms with Gasteiger partial charge in [-0.05, 0) is 54.7 Å². The number of Topliss-reactive ketones (excluding diaryl/α,β-unsaturated/α-hetero) is 1. The molecule has 1 atom stereocenters. The van der Waals surface area contributed by atoms with E-state index in [0.717, 1.165) is 11.1 Å². The van der Waals surface area contributed by atoms with Gasteiger partial charge in [0, 0.05) is 20.0 Å². The highest BCUT2D eigenvalue weighted by Crippen LogP contribution is 2.27. The predicted molar refractivity (Wildman–Crippen MR) is 96.6 cm³/mol. The lowest BCUT2D eigenvalue weighted by Crippen LogP contribution is -2.16. The number of phenolic OH excluding ortho intramolecular Hbond substituents is 4. The molecule has 26 heavy (non-hydrogen) atoms. The van der Waals surface area contributed by atoms with Crippen LogP contribution in [0, 0.1) is 0 Å². The lowest BCUT2D eigenvalue weighted by Gasteiger charge is -2.15. The van der Waals surface area contributed by atoms with Gasteiger partial charge in [0.15, 0.2) is 23.0 Å². The molecule has 0 heterocycles. The van der Waals surface area contributed by atoms with Gasteiger partial charge in [0.05, 0.1) is 6.10 Å². The molecule has 0 aliphatic heterocycles. The van der Waals surface area contributed by atoms with E-state index in [2.05, 4.69) is 0 Å². The molecule has 0 aliphatic carbocycles. The first-order valence-electron chi connectivity index (χ1n) is 8.45. The Balaban J connectivity index is 1.80. The summed E-state index contributed by atoms with van der Waals surface area (Å²) >= 11 is 0. The second-order valence-electron chi connectivity index (χ2n) is 6.29. The Morgan fingerprint density at radius 3 is 2.04 bits per heavy atom. The van der Waals surface area contributed by atoms with Crippen LogP contribution in [0.4, 0.5) is 0 Å². The van der Waals surface area contributed by atoms with Gasteiger partial charge < -0.3 is 25.2 Å². The summed E-state index contributed by atoms with van der Waals surface area (Å²) in [4.78, 5) is 12.1. The van der Waals surface area contributed by atoms with Gasteiger partial charge >= 0.3 is 0 Å². The molecule has 6 nitrogen and oxygen atoms in total. The third-order valence-electron chi connectivity index (χ3n) is 4.31. The SMILES string of the molecule is CO[C@@H](CCC(=O)CCc1ccc(O)c(O)c1)Cc1ccc(O)c(O)c1. The Morgan fingerprint density at radius 2 is 1.46 bits per heavy atom. The molecule has 0 radical (unpaired) electrons. The molecule has 0 amide bonds. The van der Waals surface area contributed by atoms with Gasteiger partial charge in [-0.1, -0.05) is 12.1 Å². The molecule has 0 fully saturated rings. The fourth-order valence-electron chi connectivity index (χ4n) is 2.72. The normalized spacial score (nSPS) is 12.0. The van der Waals surface area contributed by atoms with Crippen LogP contribution in [-0.2, 0) is 22.4 Å². The van der Waals surface area contributed by atoms with E-state index in [9.17, 15) is 25.2 Å². The van der Waals surface area contributed by atoms with Crippen LogP contribution in [0.3, 0.4) is 0 Å². The van der Waals surface area contributed by atoms with Crippen molar-refractivity contribution in [2.75, 3.05) is 7.11 Å². The Bertz CT molecular complexity index is 756. The van der Waals surface area contributed by atoms with Crippen molar-refractivity contribution >= 4 is 5.78 Å². The monoisotopic (exact) mass is 360 g/mol. The van der Waals surface area contributed by atoms with Crippen molar-refractivity contribution in [2.45, 2.75) is 38.2 Å². The predicted octanol–water partition coefficient (Wildman–Crippen LogP) is 3.05. The number of aromatic hydroxyl groups is 4. The van der Waals surface area contributed by atoms with Crippen LogP contribution < -0.4 is 0 Å². The largest absolute Gasteiger partial charge is 0.504 e. The van der Waals surface area contributed by atoms with Crippen molar-refractivity contribution in [3.8, 4) is 23.0 Å². The number of phenols is 4. The minimum atomic E-state index is -0.188. The zero-order chi connectivity index (χ0) is 19.1. The highest BCUT2D eigenvalue weighted by molar-refractivity contribution is 5.78. The van der Waals surface area contributed by atoms with Crippen LogP contribution in [0.2, 0.25) is 0 Å². The number of ketones is 1. The molecule has 0 saturated carbocycles. The molecule has 0 aromatic heterocycles. The number of hydrogen-bond acceptors (Lipinski definition) is 6. The van der Waals surface area contributed by atoms with E-state index in [1.807, 2.05) is 0 Å². The first-order valence-corrected chi connectivity index (χ1v) is 8.45. The Hall–Kier alpha value is -2.73. The number of methoxy groups -OCH3 is 1. The zero-order valence-electron chi connectivity index (χ0n) is 14.7. The van der Waals surface area contributed by atoms with Gasteiger partial charge in [0.1, 0.15) is 5.78 Å². The Labute approximate surface area is 152 Å². The van der Waals surface area contributed by atoms with Crippen LogP contribution in [0.15, 0.2) is 36.4 Å². The average Bonchev–Trinajstić information content (AvgIpc) is 2.62. The topological polar surface area (TPSA) is 107 Å². The van der Waals surface area contributed by atoms with Crippen molar-refractivity contribution in [2.24, 2.45) is 0 Å². The minimum absolute atomic E-state index is 0.0909. The molecule has 2 aromatic carbocycles. The van der Waals surface area contributed by atoms with Crippen molar-refractivity contribution in [1.82, 2.24) is 0 Å². The fourth-order valence-corrected chi connectivity index (χ4v) is 2.72. The number of rotatable bonds is 9. The van der Waals surface area contributed by atoms with E-state index in [4.69, 9.17) is 4.74 Å². The maximum absolute atomic E-state index is 12.1. The number of carbonyl (C=O) groups is 1. The zero-order valence-corrected chi connectivity index (χ0v) is 14.7. The molecule has 2 aromatic rings. The fraction of sp³-hybridized carbons (Fsp3) is 0.350. The van der Waals surface area contributed by atoms with E-state index in [-0.39, 0.29) is 34.9 Å². The first-order chi connectivity index (χ1) is 12.4. The lowest BCUT2D eigenvalue weighted by atomic mass is 10.00. The maximum Gasteiger partial charge on any atom is 0.157 e. The van der Waals surface area contributed by atoms with Gasteiger partial charge in [-0.2, -0.15) is 0 Å². The third-order valence-corrected chi connectivity index (χ3v) is 4.31. The molecule has 0 bridgehead atoms. The lowest BCUT2D eigenvalue weighted by molar-refractivity contribution is -0.119. The van der Waals surface area contributed by atoms with Gasteiger partial charge in [0.25, 0.3) is 0 Å². The molecule has 0 unspecified atom stereocenters. The average molecular weight is 360 g/mol. The Kier molecular flexibility index (Phi) is 6.86. The summed E-state index contributed by atoms with van der Waals surface area (Å²) in [6, 6.07) is 9.16. The molecular formula is C20H24O6. The van der Waals surface area contributed by atoms with Gasteiger partial charge in [0.2, 0.25) is 0 Å². The van der Waals surface area contributed by atoms with Crippen LogP contribution in [0.5, 0.6) is 23.0 Å². The van der Waals surface area contributed by atoms with Crippen LogP contribution in [0.1, 0.15) is 30.4 Å². The number of aryl methyl sites for hydroxylation is 1. The smallest absolute Gasteiger partial charge is 0.157 e. The summed E-state index contributed by atoms with van der Waals surface area (Å²) in [5, 5.41) is 37.6. The van der Waals surface area contributed by atoms with E-state index < -0.39 is 0 Å². The first kappa shape index (κ1) is 19.6. The highest BCUT2D eigenvalue weighted by atomic mass is 16.5. The van der Waals surface area contributed by atoms with Crippen LogP contribution >= 0.6 is 0 Å². The van der Waals surface area contributed by atoms with Crippen molar-refractivity contribution < 1.29 is 30.0 Å². The van der Waals surface area contributed by atoms with Crippen molar-refractivity contribution in [3.05, 3.63) is 47.5 Å². The van der Waals surface area contributed by atoms with Gasteiger partial charge in [-0.15, -0.1) is 0 Å². The number of ether oxygens (including phenoxy) is 1. The Morgan fingerprint density at radius 1 is 0.885 bits per heavy atom. The molecule has 6 heteroatoms. The third kappa shape index (κ3) is 5.67. The van der Waals surface area contributed by atoms with Gasteiger partial charge in [-0.3, -0.25) is 4.79 Å². The molecule has 140 valence electrons. The van der Waals surface area contributed by atoms with E-state index in [1.165, 1.54) is 24.3 Å². The minimum Gasteiger partial charge on any atom is -0.504 e. The molecule has 0 aliphatic rings. The molecule has 2 rings (SSSR count). The van der Waals surface area contributed by atoms with Crippen molar-refractivity contribution in [1.29, 1.82) is 0 Å². The van der Waals surface area contributed by atoms with E-state index in [0.29, 0.717) is 32.1 Å². The summed E-state index contributed by atoms with van der Waals surface area (Å²) in [7, 11) is 1.58. The second kappa shape index (κ2) is 9.10. The second-order valence-corrected chi connectivity index (χ2v) is 6.29. The number of carbonyl (C=O) groups excluding carboxylic acids is 1. The van der Waals surface area contributed by atoms with Crippen LogP contribution in [-0.4, -0.2) is 39.4 Å². The summed E-state index contributed by atoms with van der Waals surface area (Å²) in [5.74, 6) is -0.619. The summed E-state index contributed by atoms with van der Waals surface area (Å²) in [6.07, 6.45) is 2.13. The van der Waals surface area contributed by atoms with E-state index >= 15 is 0 Å². The molecular weight excluding hydrogens is 336 g/mol. The van der Waals surface area contributed by atoms with Crippen molar-refractivity contribution in [3.63, 3.8) is 0 Å². The molecule has 0 spiro atoms. The standard InChI is InChI=1S/C20H24O6/c1-26-16(10-14-4-9-18(23)20(25)12-14)7-6-15(21)5-2-13-3-8-17(22)19(24)11-13/h3-4,8-9,11-12,16,22-25H,2,5-7,10H2,1H3/t16-/m0/s1. The molecule has 4 N–H and O–H groups in total.